The Morgan fingerprint density at radius 2 is 2.11 bits per heavy atom. The third-order valence-electron chi connectivity index (χ3n) is 2.43. The lowest BCUT2D eigenvalue weighted by atomic mass is 10.2. The standard InChI is InChI=1S/C13H13FN2O2/c1-16(2)11-6-5-9(14)8-10(11)15-13(17)12-4-3-7-18-12/h3-8H,1-2H3,(H,15,17). The van der Waals surface area contributed by atoms with Gasteiger partial charge in [-0.15, -0.1) is 0 Å². The van der Waals surface area contributed by atoms with Gasteiger partial charge in [0.15, 0.2) is 5.76 Å². The molecule has 0 spiro atoms. The Morgan fingerprint density at radius 1 is 1.33 bits per heavy atom. The summed E-state index contributed by atoms with van der Waals surface area (Å²) < 4.78 is 18.2. The number of nitrogens with one attached hydrogen (secondary N) is 1. The summed E-state index contributed by atoms with van der Waals surface area (Å²) in [6.07, 6.45) is 1.41. The van der Waals surface area contributed by atoms with Gasteiger partial charge in [0.25, 0.3) is 5.91 Å². The minimum atomic E-state index is -0.409. The molecular weight excluding hydrogens is 235 g/mol. The number of amides is 1. The van der Waals surface area contributed by atoms with Gasteiger partial charge < -0.3 is 14.6 Å². The summed E-state index contributed by atoms with van der Waals surface area (Å²) in [5, 5.41) is 2.62. The molecule has 0 aliphatic heterocycles. The van der Waals surface area contributed by atoms with Gasteiger partial charge in [-0.3, -0.25) is 4.79 Å². The molecule has 94 valence electrons. The van der Waals surface area contributed by atoms with E-state index in [9.17, 15) is 9.18 Å². The minimum absolute atomic E-state index is 0.184. The van der Waals surface area contributed by atoms with Gasteiger partial charge in [-0.05, 0) is 30.3 Å². The van der Waals surface area contributed by atoms with Crippen LogP contribution in [0.25, 0.3) is 0 Å². The van der Waals surface area contributed by atoms with Crippen molar-refractivity contribution in [2.24, 2.45) is 0 Å². The smallest absolute Gasteiger partial charge is 0.291 e. The number of halogens is 1. The summed E-state index contributed by atoms with van der Waals surface area (Å²) >= 11 is 0. The maximum atomic E-state index is 13.2. The van der Waals surface area contributed by atoms with Crippen LogP contribution in [0.4, 0.5) is 15.8 Å². The van der Waals surface area contributed by atoms with Crippen molar-refractivity contribution in [1.29, 1.82) is 0 Å². The van der Waals surface area contributed by atoms with E-state index in [-0.39, 0.29) is 5.76 Å². The van der Waals surface area contributed by atoms with Crippen molar-refractivity contribution in [2.75, 3.05) is 24.3 Å². The first kappa shape index (κ1) is 12.2. The van der Waals surface area contributed by atoms with Crippen molar-refractivity contribution < 1.29 is 13.6 Å². The molecule has 2 rings (SSSR count). The van der Waals surface area contributed by atoms with Gasteiger partial charge in [0.2, 0.25) is 0 Å². The van der Waals surface area contributed by atoms with E-state index in [1.807, 2.05) is 14.1 Å². The van der Waals surface area contributed by atoms with Crippen molar-refractivity contribution in [2.45, 2.75) is 0 Å². The Hall–Kier alpha value is -2.30. The molecule has 1 aromatic heterocycles. The third kappa shape index (κ3) is 2.51. The summed E-state index contributed by atoms with van der Waals surface area (Å²) in [6.45, 7) is 0. The van der Waals surface area contributed by atoms with Gasteiger partial charge in [0.05, 0.1) is 17.6 Å². The van der Waals surface area contributed by atoms with E-state index in [1.165, 1.54) is 18.4 Å². The number of anilines is 2. The SMILES string of the molecule is CN(C)c1ccc(F)cc1NC(=O)c1ccco1. The first-order chi connectivity index (χ1) is 8.58. The molecule has 0 bridgehead atoms. The van der Waals surface area contributed by atoms with Crippen LogP contribution in [0.3, 0.4) is 0 Å². The summed E-state index contributed by atoms with van der Waals surface area (Å²) in [6, 6.07) is 7.39. The van der Waals surface area contributed by atoms with E-state index in [1.54, 1.807) is 23.1 Å². The molecule has 0 saturated carbocycles. The van der Waals surface area contributed by atoms with Crippen molar-refractivity contribution >= 4 is 17.3 Å². The first-order valence-corrected chi connectivity index (χ1v) is 5.39. The van der Waals surface area contributed by atoms with Crippen LogP contribution in [0.5, 0.6) is 0 Å². The molecule has 4 nitrogen and oxygen atoms in total. The fourth-order valence-electron chi connectivity index (χ4n) is 1.59. The average molecular weight is 248 g/mol. The molecule has 0 aliphatic rings. The normalized spacial score (nSPS) is 10.2. The molecule has 1 heterocycles. The lowest BCUT2D eigenvalue weighted by Gasteiger charge is -2.17. The van der Waals surface area contributed by atoms with Gasteiger partial charge in [0.1, 0.15) is 5.82 Å². The van der Waals surface area contributed by atoms with Crippen molar-refractivity contribution in [3.63, 3.8) is 0 Å². The first-order valence-electron chi connectivity index (χ1n) is 5.39. The predicted molar refractivity (Wildman–Crippen MR) is 67.4 cm³/mol. The van der Waals surface area contributed by atoms with Crippen LogP contribution < -0.4 is 10.2 Å². The Bertz CT molecular complexity index is 550. The topological polar surface area (TPSA) is 45.5 Å². The highest BCUT2D eigenvalue weighted by molar-refractivity contribution is 6.04. The second-order valence-electron chi connectivity index (χ2n) is 3.99. The van der Waals surface area contributed by atoms with E-state index in [0.29, 0.717) is 5.69 Å². The molecule has 18 heavy (non-hydrogen) atoms. The van der Waals surface area contributed by atoms with Crippen LogP contribution in [-0.2, 0) is 0 Å². The highest BCUT2D eigenvalue weighted by Crippen LogP contribution is 2.25. The molecule has 1 aromatic carbocycles. The van der Waals surface area contributed by atoms with E-state index in [4.69, 9.17) is 4.42 Å². The summed E-state index contributed by atoms with van der Waals surface area (Å²) in [5.74, 6) is -0.631. The molecule has 1 amide bonds. The maximum absolute atomic E-state index is 13.2. The molecule has 5 heteroatoms. The fourth-order valence-corrected chi connectivity index (χ4v) is 1.59. The molecule has 2 aromatic rings. The van der Waals surface area contributed by atoms with Gasteiger partial charge in [-0.2, -0.15) is 0 Å². The molecule has 0 atom stereocenters. The van der Waals surface area contributed by atoms with E-state index >= 15 is 0 Å². The van der Waals surface area contributed by atoms with Crippen molar-refractivity contribution in [3.05, 3.63) is 48.2 Å². The van der Waals surface area contributed by atoms with E-state index in [0.717, 1.165) is 5.69 Å². The maximum Gasteiger partial charge on any atom is 0.291 e. The summed E-state index contributed by atoms with van der Waals surface area (Å²) in [5.41, 5.74) is 1.12. The van der Waals surface area contributed by atoms with E-state index in [2.05, 4.69) is 5.32 Å². The number of furan rings is 1. The monoisotopic (exact) mass is 248 g/mol. The molecule has 0 radical (unpaired) electrons. The predicted octanol–water partition coefficient (Wildman–Crippen LogP) is 2.74. The number of nitrogens with zero attached hydrogens (tertiary/aromatic N) is 1. The summed E-state index contributed by atoms with van der Waals surface area (Å²) in [4.78, 5) is 13.6. The lowest BCUT2D eigenvalue weighted by Crippen LogP contribution is -2.16. The number of hydrogen-bond donors (Lipinski definition) is 1. The van der Waals surface area contributed by atoms with Crippen molar-refractivity contribution in [3.8, 4) is 0 Å². The number of carbonyl (C=O) groups is 1. The molecule has 1 N–H and O–H groups in total. The largest absolute Gasteiger partial charge is 0.459 e. The number of benzene rings is 1. The second kappa shape index (κ2) is 4.91. The molecular formula is C13H13FN2O2. The highest BCUT2D eigenvalue weighted by Gasteiger charge is 2.13. The Labute approximate surface area is 104 Å². The Balaban J connectivity index is 2.28. The van der Waals surface area contributed by atoms with Crippen molar-refractivity contribution in [1.82, 2.24) is 0 Å². The fraction of sp³-hybridized carbons (Fsp3) is 0.154. The van der Waals surface area contributed by atoms with Gasteiger partial charge in [0, 0.05) is 14.1 Å². The Kier molecular flexibility index (Phi) is 3.32. The molecule has 0 saturated heterocycles. The lowest BCUT2D eigenvalue weighted by molar-refractivity contribution is 0.0996. The zero-order chi connectivity index (χ0) is 13.1. The summed E-state index contributed by atoms with van der Waals surface area (Å²) in [7, 11) is 3.63. The minimum Gasteiger partial charge on any atom is -0.459 e. The second-order valence-corrected chi connectivity index (χ2v) is 3.99. The number of hydrogen-bond acceptors (Lipinski definition) is 3. The average Bonchev–Trinajstić information content (AvgIpc) is 2.81. The Morgan fingerprint density at radius 3 is 2.72 bits per heavy atom. The van der Waals surface area contributed by atoms with Crippen LogP contribution in [-0.4, -0.2) is 20.0 Å². The molecule has 0 aliphatic carbocycles. The van der Waals surface area contributed by atoms with Crippen LogP contribution in [0.1, 0.15) is 10.6 Å². The molecule has 0 fully saturated rings. The van der Waals surface area contributed by atoms with Crippen LogP contribution >= 0.6 is 0 Å². The molecule has 0 unspecified atom stereocenters. The van der Waals surface area contributed by atoms with E-state index < -0.39 is 11.7 Å². The van der Waals surface area contributed by atoms with Gasteiger partial charge in [-0.1, -0.05) is 0 Å². The third-order valence-corrected chi connectivity index (χ3v) is 2.43. The van der Waals surface area contributed by atoms with Crippen LogP contribution in [0, 0.1) is 5.82 Å². The van der Waals surface area contributed by atoms with Crippen LogP contribution in [0.2, 0.25) is 0 Å². The zero-order valence-electron chi connectivity index (χ0n) is 10.1. The number of carbonyl (C=O) groups excluding carboxylic acids is 1. The van der Waals surface area contributed by atoms with Crippen LogP contribution in [0.15, 0.2) is 41.0 Å². The zero-order valence-corrected chi connectivity index (χ0v) is 10.1. The quantitative estimate of drug-likeness (QED) is 0.908. The number of rotatable bonds is 3. The van der Waals surface area contributed by atoms with Gasteiger partial charge >= 0.3 is 0 Å². The van der Waals surface area contributed by atoms with Gasteiger partial charge in [-0.25, -0.2) is 4.39 Å². The highest BCUT2D eigenvalue weighted by atomic mass is 19.1.